The molecule has 0 bridgehead atoms. The van der Waals surface area contributed by atoms with Gasteiger partial charge in [0.2, 0.25) is 0 Å². The minimum absolute atomic E-state index is 0.435. The smallest absolute Gasteiger partial charge is 0.134 e. The van der Waals surface area contributed by atoms with E-state index in [0.29, 0.717) is 11.2 Å². The molecule has 0 spiro atoms. The molecule has 0 aromatic carbocycles. The summed E-state index contributed by atoms with van der Waals surface area (Å²) in [6.45, 7) is 1.02. The highest BCUT2D eigenvalue weighted by molar-refractivity contribution is 6.29. The maximum Gasteiger partial charge on any atom is 0.134 e. The van der Waals surface area contributed by atoms with E-state index < -0.39 is 0 Å². The number of hydrogen-bond donors (Lipinski definition) is 0. The highest BCUT2D eigenvalue weighted by Crippen LogP contribution is 2.26. The van der Waals surface area contributed by atoms with Crippen molar-refractivity contribution in [3.8, 4) is 0 Å². The molecule has 0 radical (unpaired) electrons. The van der Waals surface area contributed by atoms with E-state index in [2.05, 4.69) is 25.9 Å². The van der Waals surface area contributed by atoms with E-state index in [-0.39, 0.29) is 0 Å². The molecule has 0 N–H and O–H groups in total. The Bertz CT molecular complexity index is 561. The van der Waals surface area contributed by atoms with Crippen molar-refractivity contribution in [3.05, 3.63) is 47.6 Å². The van der Waals surface area contributed by atoms with Crippen LogP contribution in [0.15, 0.2) is 36.8 Å². The van der Waals surface area contributed by atoms with Gasteiger partial charge in [-0.25, -0.2) is 9.97 Å². The van der Waals surface area contributed by atoms with Gasteiger partial charge in [0.1, 0.15) is 17.3 Å². The monoisotopic (exact) mass is 288 g/mol. The van der Waals surface area contributed by atoms with E-state index in [0.717, 1.165) is 30.9 Å². The lowest BCUT2D eigenvalue weighted by molar-refractivity contribution is 0.451. The van der Waals surface area contributed by atoms with Gasteiger partial charge < -0.3 is 4.90 Å². The summed E-state index contributed by atoms with van der Waals surface area (Å²) in [5, 5.41) is 0.497. The Morgan fingerprint density at radius 1 is 1.20 bits per heavy atom. The molecule has 20 heavy (non-hydrogen) atoms. The zero-order valence-corrected chi connectivity index (χ0v) is 12.0. The molecule has 1 aliphatic rings. The predicted octanol–water partition coefficient (Wildman–Crippen LogP) is 3.13. The molecule has 1 atom stereocenters. The third-order valence-corrected chi connectivity index (χ3v) is 3.92. The Morgan fingerprint density at radius 3 is 2.95 bits per heavy atom. The van der Waals surface area contributed by atoms with Crippen LogP contribution in [0, 0.1) is 0 Å². The number of aromatic nitrogens is 3. The number of halogens is 1. The average Bonchev–Trinajstić information content (AvgIpc) is 2.49. The van der Waals surface area contributed by atoms with Crippen molar-refractivity contribution in [1.82, 2.24) is 15.0 Å². The van der Waals surface area contributed by atoms with Crippen molar-refractivity contribution in [2.24, 2.45) is 0 Å². The zero-order valence-electron chi connectivity index (χ0n) is 11.2. The van der Waals surface area contributed by atoms with Gasteiger partial charge in [0.25, 0.3) is 0 Å². The van der Waals surface area contributed by atoms with Gasteiger partial charge in [-0.2, -0.15) is 0 Å². The summed E-state index contributed by atoms with van der Waals surface area (Å²) in [4.78, 5) is 15.1. The molecule has 0 unspecified atom stereocenters. The van der Waals surface area contributed by atoms with Crippen molar-refractivity contribution in [2.45, 2.75) is 31.7 Å². The molecule has 3 rings (SSSR count). The molecule has 2 aromatic rings. The fourth-order valence-corrected chi connectivity index (χ4v) is 2.90. The Hall–Kier alpha value is -1.68. The summed E-state index contributed by atoms with van der Waals surface area (Å²) < 4.78 is 0. The SMILES string of the molecule is Clc1cc(N2CCCC[C@@H]2Cc2ccccn2)ncn1. The largest absolute Gasteiger partial charge is 0.353 e. The quantitative estimate of drug-likeness (QED) is 0.814. The first kappa shape index (κ1) is 13.3. The third kappa shape index (κ3) is 3.07. The van der Waals surface area contributed by atoms with Gasteiger partial charge in [-0.1, -0.05) is 17.7 Å². The van der Waals surface area contributed by atoms with Crippen LogP contribution in [0.1, 0.15) is 25.0 Å². The Morgan fingerprint density at radius 2 is 2.15 bits per heavy atom. The van der Waals surface area contributed by atoms with Gasteiger partial charge >= 0.3 is 0 Å². The number of nitrogens with zero attached hydrogens (tertiary/aromatic N) is 4. The highest BCUT2D eigenvalue weighted by atomic mass is 35.5. The van der Waals surface area contributed by atoms with Crippen LogP contribution in [0.3, 0.4) is 0 Å². The summed E-state index contributed by atoms with van der Waals surface area (Å²) in [6, 6.07) is 8.35. The van der Waals surface area contributed by atoms with Gasteiger partial charge in [-0.15, -0.1) is 0 Å². The molecule has 0 aliphatic carbocycles. The summed E-state index contributed by atoms with van der Waals surface area (Å²) in [6.07, 6.45) is 7.95. The van der Waals surface area contributed by atoms with Gasteiger partial charge in [0.15, 0.2) is 0 Å². The third-order valence-electron chi connectivity index (χ3n) is 3.71. The second-order valence-corrected chi connectivity index (χ2v) is 5.45. The van der Waals surface area contributed by atoms with Crippen molar-refractivity contribution >= 4 is 17.4 Å². The van der Waals surface area contributed by atoms with E-state index in [4.69, 9.17) is 11.6 Å². The molecular formula is C15H17ClN4. The molecule has 2 aromatic heterocycles. The lowest BCUT2D eigenvalue weighted by Gasteiger charge is -2.36. The van der Waals surface area contributed by atoms with E-state index in [1.807, 2.05) is 24.4 Å². The molecule has 5 heteroatoms. The van der Waals surface area contributed by atoms with Crippen LogP contribution in [0.2, 0.25) is 5.15 Å². The molecule has 3 heterocycles. The van der Waals surface area contributed by atoms with Crippen molar-refractivity contribution in [1.29, 1.82) is 0 Å². The Labute approximate surface area is 123 Å². The molecule has 0 saturated carbocycles. The van der Waals surface area contributed by atoms with E-state index in [1.54, 1.807) is 0 Å². The minimum atomic E-state index is 0.435. The topological polar surface area (TPSA) is 41.9 Å². The van der Waals surface area contributed by atoms with Crippen LogP contribution in [-0.2, 0) is 6.42 Å². The first-order valence-corrected chi connectivity index (χ1v) is 7.35. The number of pyridine rings is 1. The lowest BCUT2D eigenvalue weighted by Crippen LogP contribution is -2.41. The lowest BCUT2D eigenvalue weighted by atomic mass is 9.97. The van der Waals surface area contributed by atoms with Crippen LogP contribution in [-0.4, -0.2) is 27.5 Å². The molecule has 1 aliphatic heterocycles. The number of piperidine rings is 1. The highest BCUT2D eigenvalue weighted by Gasteiger charge is 2.24. The van der Waals surface area contributed by atoms with Crippen LogP contribution in [0.25, 0.3) is 0 Å². The van der Waals surface area contributed by atoms with E-state index in [1.165, 1.54) is 19.2 Å². The molecule has 4 nitrogen and oxygen atoms in total. The summed E-state index contributed by atoms with van der Waals surface area (Å²) in [5.74, 6) is 0.922. The van der Waals surface area contributed by atoms with Crippen LogP contribution in [0.5, 0.6) is 0 Å². The van der Waals surface area contributed by atoms with E-state index >= 15 is 0 Å². The first-order chi connectivity index (χ1) is 9.83. The maximum absolute atomic E-state index is 5.98. The minimum Gasteiger partial charge on any atom is -0.353 e. The second kappa shape index (κ2) is 6.18. The summed E-state index contributed by atoms with van der Waals surface area (Å²) in [7, 11) is 0. The van der Waals surface area contributed by atoms with Crippen LogP contribution < -0.4 is 4.90 Å². The van der Waals surface area contributed by atoms with Crippen molar-refractivity contribution in [3.63, 3.8) is 0 Å². The van der Waals surface area contributed by atoms with Crippen LogP contribution >= 0.6 is 11.6 Å². The molecule has 1 fully saturated rings. The number of hydrogen-bond acceptors (Lipinski definition) is 4. The fraction of sp³-hybridized carbons (Fsp3) is 0.400. The predicted molar refractivity (Wildman–Crippen MR) is 80.0 cm³/mol. The summed E-state index contributed by atoms with van der Waals surface area (Å²) in [5.41, 5.74) is 1.13. The van der Waals surface area contributed by atoms with Gasteiger partial charge in [-0.05, 0) is 31.4 Å². The van der Waals surface area contributed by atoms with Crippen LogP contribution in [0.4, 0.5) is 5.82 Å². The fourth-order valence-electron chi connectivity index (χ4n) is 2.76. The molecular weight excluding hydrogens is 272 g/mol. The Kier molecular flexibility index (Phi) is 4.11. The number of rotatable bonds is 3. The molecule has 1 saturated heterocycles. The van der Waals surface area contributed by atoms with Gasteiger partial charge in [0.05, 0.1) is 0 Å². The number of anilines is 1. The van der Waals surface area contributed by atoms with Crippen molar-refractivity contribution < 1.29 is 0 Å². The standard InChI is InChI=1S/C15H17ClN4/c16-14-10-15(19-11-18-14)20-8-4-2-6-13(20)9-12-5-1-3-7-17-12/h1,3,5,7,10-11,13H,2,4,6,8-9H2/t13-/m1/s1. The van der Waals surface area contributed by atoms with Crippen molar-refractivity contribution in [2.75, 3.05) is 11.4 Å². The second-order valence-electron chi connectivity index (χ2n) is 5.07. The first-order valence-electron chi connectivity index (χ1n) is 6.97. The average molecular weight is 289 g/mol. The van der Waals surface area contributed by atoms with Gasteiger partial charge in [0, 0.05) is 37.0 Å². The summed E-state index contributed by atoms with van der Waals surface area (Å²) >= 11 is 5.98. The van der Waals surface area contributed by atoms with E-state index in [9.17, 15) is 0 Å². The zero-order chi connectivity index (χ0) is 13.8. The van der Waals surface area contributed by atoms with Gasteiger partial charge in [-0.3, -0.25) is 4.98 Å². The maximum atomic E-state index is 5.98. The molecule has 0 amide bonds. The normalized spacial score (nSPS) is 19.1. The Balaban J connectivity index is 1.80. The molecule has 104 valence electrons.